The highest BCUT2D eigenvalue weighted by Crippen LogP contribution is 2.31. The fourth-order valence-corrected chi connectivity index (χ4v) is 4.95. The van der Waals surface area contributed by atoms with E-state index in [1.54, 1.807) is 6.07 Å². The van der Waals surface area contributed by atoms with Gasteiger partial charge in [-0.15, -0.1) is 0 Å². The van der Waals surface area contributed by atoms with E-state index in [4.69, 9.17) is 28.9 Å². The van der Waals surface area contributed by atoms with Gasteiger partial charge in [0, 0.05) is 6.04 Å². The molecule has 1 aromatic carbocycles. The van der Waals surface area contributed by atoms with Crippen LogP contribution in [0.15, 0.2) is 23.1 Å². The van der Waals surface area contributed by atoms with Gasteiger partial charge in [-0.3, -0.25) is 0 Å². The molecule has 1 aliphatic rings. The lowest BCUT2D eigenvalue weighted by Crippen LogP contribution is -2.40. The lowest BCUT2D eigenvalue weighted by Gasteiger charge is -2.20. The maximum atomic E-state index is 12.4. The van der Waals surface area contributed by atoms with E-state index in [0.29, 0.717) is 6.54 Å². The third kappa shape index (κ3) is 3.23. The summed E-state index contributed by atoms with van der Waals surface area (Å²) in [6.45, 7) is 0.476. The molecule has 0 heterocycles. The van der Waals surface area contributed by atoms with E-state index in [0.717, 1.165) is 19.3 Å². The van der Waals surface area contributed by atoms with Crippen LogP contribution in [0.4, 0.5) is 0 Å². The van der Waals surface area contributed by atoms with Gasteiger partial charge in [-0.2, -0.15) is 0 Å². The van der Waals surface area contributed by atoms with Crippen LogP contribution in [0.5, 0.6) is 0 Å². The van der Waals surface area contributed by atoms with Crippen molar-refractivity contribution >= 4 is 33.2 Å². The van der Waals surface area contributed by atoms with Crippen LogP contribution in [0.1, 0.15) is 19.3 Å². The highest BCUT2D eigenvalue weighted by Gasteiger charge is 2.32. The molecule has 0 amide bonds. The molecule has 0 aromatic heterocycles. The fourth-order valence-electron chi connectivity index (χ4n) is 2.47. The van der Waals surface area contributed by atoms with Gasteiger partial charge in [0.05, 0.1) is 10.0 Å². The maximum Gasteiger partial charge on any atom is 0.243 e. The molecule has 0 radical (unpaired) electrons. The van der Waals surface area contributed by atoms with Gasteiger partial charge in [0.1, 0.15) is 4.90 Å². The van der Waals surface area contributed by atoms with Gasteiger partial charge >= 0.3 is 0 Å². The van der Waals surface area contributed by atoms with Crippen LogP contribution in [0, 0.1) is 5.92 Å². The molecule has 0 bridgehead atoms. The Bertz CT molecular complexity index is 543. The maximum absolute atomic E-state index is 12.4. The monoisotopic (exact) mass is 322 g/mol. The van der Waals surface area contributed by atoms with Crippen molar-refractivity contribution in [3.05, 3.63) is 28.2 Å². The van der Waals surface area contributed by atoms with Crippen LogP contribution in [0.25, 0.3) is 0 Å². The van der Waals surface area contributed by atoms with Gasteiger partial charge in [-0.25, -0.2) is 13.1 Å². The first-order chi connectivity index (χ1) is 8.95. The Morgan fingerprint density at radius 1 is 1.26 bits per heavy atom. The minimum Gasteiger partial charge on any atom is -0.330 e. The first-order valence-electron chi connectivity index (χ1n) is 6.12. The molecule has 3 N–H and O–H groups in total. The smallest absolute Gasteiger partial charge is 0.243 e. The van der Waals surface area contributed by atoms with Crippen molar-refractivity contribution in [2.24, 2.45) is 11.7 Å². The summed E-state index contributed by atoms with van der Waals surface area (Å²) in [5.74, 6) is 0.177. The molecule has 2 atom stereocenters. The van der Waals surface area contributed by atoms with Crippen molar-refractivity contribution in [2.45, 2.75) is 30.2 Å². The molecule has 1 saturated carbocycles. The van der Waals surface area contributed by atoms with Gasteiger partial charge in [0.15, 0.2) is 0 Å². The number of hydrogen-bond acceptors (Lipinski definition) is 3. The van der Waals surface area contributed by atoms with Crippen LogP contribution >= 0.6 is 23.2 Å². The molecule has 1 aliphatic carbocycles. The highest BCUT2D eigenvalue weighted by molar-refractivity contribution is 7.89. The predicted octanol–water partition coefficient (Wildman–Crippen LogP) is 2.40. The van der Waals surface area contributed by atoms with Gasteiger partial charge < -0.3 is 5.73 Å². The Hall–Kier alpha value is -0.330. The molecular formula is C12H16Cl2N2O2S. The molecule has 0 spiro atoms. The molecule has 0 aliphatic heterocycles. The normalized spacial score (nSPS) is 23.7. The fraction of sp³-hybridized carbons (Fsp3) is 0.500. The van der Waals surface area contributed by atoms with E-state index in [1.807, 2.05) is 0 Å². The van der Waals surface area contributed by atoms with Crippen molar-refractivity contribution in [1.29, 1.82) is 0 Å². The van der Waals surface area contributed by atoms with Gasteiger partial charge in [0.25, 0.3) is 0 Å². The van der Waals surface area contributed by atoms with Gasteiger partial charge in [0.2, 0.25) is 10.0 Å². The molecule has 0 saturated heterocycles. The van der Waals surface area contributed by atoms with Gasteiger partial charge in [-0.05, 0) is 37.4 Å². The van der Waals surface area contributed by atoms with Crippen molar-refractivity contribution in [1.82, 2.24) is 4.72 Å². The predicted molar refractivity (Wildman–Crippen MR) is 77.0 cm³/mol. The number of sulfonamides is 1. The van der Waals surface area contributed by atoms with E-state index in [9.17, 15) is 8.42 Å². The SMILES string of the molecule is NC[C@H]1CCC[C@H]1NS(=O)(=O)c1c(Cl)cccc1Cl. The lowest BCUT2D eigenvalue weighted by molar-refractivity contribution is 0.453. The minimum atomic E-state index is -3.72. The van der Waals surface area contributed by atoms with E-state index >= 15 is 0 Å². The van der Waals surface area contributed by atoms with Crippen LogP contribution in [0.3, 0.4) is 0 Å². The molecule has 2 rings (SSSR count). The second kappa shape index (κ2) is 5.97. The molecule has 1 fully saturated rings. The van der Waals surface area contributed by atoms with E-state index in [2.05, 4.69) is 4.72 Å². The summed E-state index contributed by atoms with van der Waals surface area (Å²) in [6.07, 6.45) is 2.72. The first kappa shape index (κ1) is 15.1. The average Bonchev–Trinajstić information content (AvgIpc) is 2.74. The summed E-state index contributed by atoms with van der Waals surface area (Å²) in [5.41, 5.74) is 5.65. The Balaban J connectivity index is 2.28. The Morgan fingerprint density at radius 2 is 1.89 bits per heavy atom. The Labute approximate surface area is 123 Å². The summed E-state index contributed by atoms with van der Waals surface area (Å²) >= 11 is 11.9. The summed E-state index contributed by atoms with van der Waals surface area (Å²) in [5, 5.41) is 0.254. The minimum absolute atomic E-state index is 0.0546. The second-order valence-corrected chi connectivity index (χ2v) is 7.17. The molecule has 7 heteroatoms. The second-order valence-electron chi connectivity index (χ2n) is 4.71. The number of benzene rings is 1. The summed E-state index contributed by atoms with van der Waals surface area (Å²) in [6, 6.07) is 4.50. The van der Waals surface area contributed by atoms with Crippen molar-refractivity contribution in [3.63, 3.8) is 0 Å². The molecule has 106 valence electrons. The third-order valence-corrected chi connectivity index (χ3v) is 5.90. The zero-order valence-electron chi connectivity index (χ0n) is 10.3. The van der Waals surface area contributed by atoms with E-state index in [-0.39, 0.29) is 26.9 Å². The number of halogens is 2. The molecule has 0 unspecified atom stereocenters. The Morgan fingerprint density at radius 3 is 2.47 bits per heavy atom. The summed E-state index contributed by atoms with van der Waals surface area (Å²) in [4.78, 5) is -0.0546. The van der Waals surface area contributed by atoms with Crippen LogP contribution in [-0.4, -0.2) is 21.0 Å². The standard InChI is InChI=1S/C12H16Cl2N2O2S/c13-9-4-2-5-10(14)12(9)19(17,18)16-11-6-1-3-8(11)7-15/h2,4-5,8,11,16H,1,3,6-7,15H2/t8-,11-/m1/s1. The van der Waals surface area contributed by atoms with Gasteiger partial charge in [-0.1, -0.05) is 35.7 Å². The number of hydrogen-bond donors (Lipinski definition) is 2. The summed E-state index contributed by atoms with van der Waals surface area (Å²) in [7, 11) is -3.72. The first-order valence-corrected chi connectivity index (χ1v) is 8.36. The van der Waals surface area contributed by atoms with Crippen molar-refractivity contribution < 1.29 is 8.42 Å². The number of rotatable bonds is 4. The molecular weight excluding hydrogens is 307 g/mol. The van der Waals surface area contributed by atoms with Crippen LogP contribution in [-0.2, 0) is 10.0 Å². The Kier molecular flexibility index (Phi) is 4.74. The quantitative estimate of drug-likeness (QED) is 0.894. The van der Waals surface area contributed by atoms with Crippen LogP contribution in [0.2, 0.25) is 10.0 Å². The van der Waals surface area contributed by atoms with Crippen LogP contribution < -0.4 is 10.5 Å². The van der Waals surface area contributed by atoms with Crippen molar-refractivity contribution in [3.8, 4) is 0 Å². The molecule has 19 heavy (non-hydrogen) atoms. The molecule has 4 nitrogen and oxygen atoms in total. The van der Waals surface area contributed by atoms with E-state index < -0.39 is 10.0 Å². The highest BCUT2D eigenvalue weighted by atomic mass is 35.5. The lowest BCUT2D eigenvalue weighted by atomic mass is 10.1. The number of nitrogens with one attached hydrogen (secondary N) is 1. The zero-order valence-corrected chi connectivity index (χ0v) is 12.6. The topological polar surface area (TPSA) is 72.2 Å². The molecule has 1 aromatic rings. The van der Waals surface area contributed by atoms with E-state index in [1.165, 1.54) is 12.1 Å². The largest absolute Gasteiger partial charge is 0.330 e. The third-order valence-electron chi connectivity index (χ3n) is 3.46. The van der Waals surface area contributed by atoms with Crippen molar-refractivity contribution in [2.75, 3.05) is 6.54 Å². The average molecular weight is 323 g/mol. The number of nitrogens with two attached hydrogens (primary N) is 1. The zero-order chi connectivity index (χ0) is 14.0. The summed E-state index contributed by atoms with van der Waals surface area (Å²) < 4.78 is 27.4.